The van der Waals surface area contributed by atoms with Gasteiger partial charge in [-0.2, -0.15) is 0 Å². The van der Waals surface area contributed by atoms with Gasteiger partial charge in [0, 0.05) is 29.6 Å². The van der Waals surface area contributed by atoms with Gasteiger partial charge in [0.15, 0.2) is 0 Å². The quantitative estimate of drug-likeness (QED) is 0.756. The Hall–Kier alpha value is -3.21. The largest absolute Gasteiger partial charge is 0.326 e. The van der Waals surface area contributed by atoms with Crippen LogP contribution < -0.4 is 10.6 Å². The number of aromatic nitrogens is 2. The molecule has 0 spiro atoms. The van der Waals surface area contributed by atoms with Crippen LogP contribution in [0.15, 0.2) is 60.8 Å². The lowest BCUT2D eigenvalue weighted by atomic mass is 10.0. The lowest BCUT2D eigenvalue weighted by molar-refractivity contribution is -0.116. The van der Waals surface area contributed by atoms with Crippen LogP contribution in [0.2, 0.25) is 0 Å². The maximum absolute atomic E-state index is 11.7. The van der Waals surface area contributed by atoms with Crippen molar-refractivity contribution in [3.8, 4) is 11.3 Å². The molecule has 0 atom stereocenters. The molecule has 1 aromatic heterocycles. The Kier molecular flexibility index (Phi) is 4.12. The number of fused-ring (bicyclic) bond motifs is 1. The van der Waals surface area contributed by atoms with Crippen molar-refractivity contribution in [2.24, 2.45) is 0 Å². The molecule has 0 saturated carbocycles. The number of benzene rings is 2. The van der Waals surface area contributed by atoms with E-state index in [4.69, 9.17) is 0 Å². The minimum Gasteiger partial charge on any atom is -0.326 e. The number of para-hydroxylation sites is 1. The summed E-state index contributed by atoms with van der Waals surface area (Å²) in [5, 5.41) is 6.17. The van der Waals surface area contributed by atoms with Crippen LogP contribution in [0.1, 0.15) is 18.4 Å². The summed E-state index contributed by atoms with van der Waals surface area (Å²) >= 11 is 0. The van der Waals surface area contributed by atoms with Crippen LogP contribution in [0.5, 0.6) is 0 Å². The highest BCUT2D eigenvalue weighted by Gasteiger charge is 2.14. The average molecular weight is 330 g/mol. The molecule has 1 aliphatic rings. The lowest BCUT2D eigenvalue weighted by Gasteiger charge is -2.10. The molecule has 0 fully saturated rings. The van der Waals surface area contributed by atoms with Crippen LogP contribution >= 0.6 is 0 Å². The van der Waals surface area contributed by atoms with Gasteiger partial charge in [0.2, 0.25) is 11.9 Å². The molecule has 5 heteroatoms. The standard InChI is InChI=1S/C20H18N4O/c25-19-8-4-5-14-13-15(9-10-17(14)23-19)18-11-12-21-20(24-18)22-16-6-2-1-3-7-16/h1-3,6-7,9-13H,4-5,8H2,(H,23,25)(H,21,22,24). The fourth-order valence-corrected chi connectivity index (χ4v) is 2.96. The molecular formula is C20H18N4O. The number of nitrogens with one attached hydrogen (secondary N) is 2. The van der Waals surface area contributed by atoms with E-state index in [-0.39, 0.29) is 5.91 Å². The predicted octanol–water partition coefficient (Wildman–Crippen LogP) is 4.16. The predicted molar refractivity (Wildman–Crippen MR) is 98.8 cm³/mol. The average Bonchev–Trinajstić information content (AvgIpc) is 2.82. The SMILES string of the molecule is O=C1CCCc2cc(-c3ccnc(Nc4ccccc4)n3)ccc2N1. The number of rotatable bonds is 3. The maximum Gasteiger partial charge on any atom is 0.227 e. The summed E-state index contributed by atoms with van der Waals surface area (Å²) in [5.74, 6) is 0.648. The van der Waals surface area contributed by atoms with Crippen molar-refractivity contribution < 1.29 is 4.79 Å². The van der Waals surface area contributed by atoms with Gasteiger partial charge in [-0.25, -0.2) is 9.97 Å². The molecule has 5 nitrogen and oxygen atoms in total. The van der Waals surface area contributed by atoms with E-state index >= 15 is 0 Å². The summed E-state index contributed by atoms with van der Waals surface area (Å²) in [4.78, 5) is 20.6. The van der Waals surface area contributed by atoms with E-state index in [1.54, 1.807) is 6.20 Å². The third-order valence-electron chi connectivity index (χ3n) is 4.21. The van der Waals surface area contributed by atoms with Gasteiger partial charge in [0.25, 0.3) is 0 Å². The normalized spacial score (nSPS) is 13.5. The number of aryl methyl sites for hydroxylation is 1. The fraction of sp³-hybridized carbons (Fsp3) is 0.150. The number of carbonyl (C=O) groups excluding carboxylic acids is 1. The number of hydrogen-bond acceptors (Lipinski definition) is 4. The van der Waals surface area contributed by atoms with Gasteiger partial charge in [-0.1, -0.05) is 24.3 Å². The van der Waals surface area contributed by atoms with E-state index in [2.05, 4.69) is 26.7 Å². The van der Waals surface area contributed by atoms with Gasteiger partial charge in [-0.05, 0) is 48.7 Å². The first-order valence-corrected chi connectivity index (χ1v) is 8.36. The Morgan fingerprint density at radius 1 is 1.00 bits per heavy atom. The molecule has 4 rings (SSSR count). The molecule has 1 amide bonds. The van der Waals surface area contributed by atoms with Crippen molar-refractivity contribution in [1.82, 2.24) is 9.97 Å². The monoisotopic (exact) mass is 330 g/mol. The number of carbonyl (C=O) groups is 1. The van der Waals surface area contributed by atoms with E-state index in [0.29, 0.717) is 12.4 Å². The summed E-state index contributed by atoms with van der Waals surface area (Å²) in [5.41, 5.74) is 4.88. The summed E-state index contributed by atoms with van der Waals surface area (Å²) < 4.78 is 0. The first-order chi connectivity index (χ1) is 12.3. The van der Waals surface area contributed by atoms with E-state index in [1.807, 2.05) is 48.5 Å². The zero-order valence-electron chi connectivity index (χ0n) is 13.7. The second-order valence-electron chi connectivity index (χ2n) is 6.03. The van der Waals surface area contributed by atoms with Crippen LogP contribution in [0.4, 0.5) is 17.3 Å². The molecule has 25 heavy (non-hydrogen) atoms. The minimum absolute atomic E-state index is 0.0860. The Bertz CT molecular complexity index is 909. The fourth-order valence-electron chi connectivity index (χ4n) is 2.96. The highest BCUT2D eigenvalue weighted by atomic mass is 16.1. The third-order valence-corrected chi connectivity index (χ3v) is 4.21. The third kappa shape index (κ3) is 3.50. The van der Waals surface area contributed by atoms with Crippen LogP contribution in [0.25, 0.3) is 11.3 Å². The van der Waals surface area contributed by atoms with Crippen LogP contribution in [-0.4, -0.2) is 15.9 Å². The molecule has 2 N–H and O–H groups in total. The summed E-state index contributed by atoms with van der Waals surface area (Å²) in [7, 11) is 0. The molecule has 0 unspecified atom stereocenters. The smallest absolute Gasteiger partial charge is 0.227 e. The van der Waals surface area contributed by atoms with Gasteiger partial charge in [0.05, 0.1) is 5.69 Å². The summed E-state index contributed by atoms with van der Waals surface area (Å²) in [6, 6.07) is 17.8. The van der Waals surface area contributed by atoms with E-state index in [9.17, 15) is 4.79 Å². The van der Waals surface area contributed by atoms with Crippen molar-refractivity contribution in [2.75, 3.05) is 10.6 Å². The highest BCUT2D eigenvalue weighted by molar-refractivity contribution is 5.92. The minimum atomic E-state index is 0.0860. The van der Waals surface area contributed by atoms with Crippen LogP contribution in [0, 0.1) is 0 Å². The van der Waals surface area contributed by atoms with Crippen LogP contribution in [-0.2, 0) is 11.2 Å². The molecule has 124 valence electrons. The molecule has 2 heterocycles. The van der Waals surface area contributed by atoms with Gasteiger partial charge in [-0.15, -0.1) is 0 Å². The molecular weight excluding hydrogens is 312 g/mol. The van der Waals surface area contributed by atoms with Crippen molar-refractivity contribution >= 4 is 23.2 Å². The summed E-state index contributed by atoms with van der Waals surface area (Å²) in [6.07, 6.45) is 4.08. The van der Waals surface area contributed by atoms with Gasteiger partial charge < -0.3 is 10.6 Å². The van der Waals surface area contributed by atoms with Gasteiger partial charge in [0.1, 0.15) is 0 Å². The second kappa shape index (κ2) is 6.73. The topological polar surface area (TPSA) is 66.9 Å². The van der Waals surface area contributed by atoms with Crippen molar-refractivity contribution in [1.29, 1.82) is 0 Å². The summed E-state index contributed by atoms with van der Waals surface area (Å²) in [6.45, 7) is 0. The Morgan fingerprint density at radius 3 is 2.76 bits per heavy atom. The molecule has 0 bridgehead atoms. The lowest BCUT2D eigenvalue weighted by Crippen LogP contribution is -2.09. The number of amides is 1. The second-order valence-corrected chi connectivity index (χ2v) is 6.03. The molecule has 0 saturated heterocycles. The molecule has 1 aliphatic heterocycles. The van der Waals surface area contributed by atoms with Gasteiger partial charge in [-0.3, -0.25) is 4.79 Å². The molecule has 0 aliphatic carbocycles. The van der Waals surface area contributed by atoms with Gasteiger partial charge >= 0.3 is 0 Å². The molecule has 0 radical (unpaired) electrons. The highest BCUT2D eigenvalue weighted by Crippen LogP contribution is 2.28. The zero-order valence-corrected chi connectivity index (χ0v) is 13.7. The van der Waals surface area contributed by atoms with Crippen LogP contribution in [0.3, 0.4) is 0 Å². The van der Waals surface area contributed by atoms with Crippen molar-refractivity contribution in [3.63, 3.8) is 0 Å². The number of nitrogens with zero attached hydrogens (tertiary/aromatic N) is 2. The molecule has 2 aromatic carbocycles. The first-order valence-electron chi connectivity index (χ1n) is 8.36. The zero-order chi connectivity index (χ0) is 17.1. The number of hydrogen-bond donors (Lipinski definition) is 2. The molecule has 3 aromatic rings. The first kappa shape index (κ1) is 15.3. The van der Waals surface area contributed by atoms with Crippen molar-refractivity contribution in [2.45, 2.75) is 19.3 Å². The van der Waals surface area contributed by atoms with E-state index in [1.165, 1.54) is 0 Å². The Labute approximate surface area is 146 Å². The van der Waals surface area contributed by atoms with E-state index < -0.39 is 0 Å². The maximum atomic E-state index is 11.7. The Morgan fingerprint density at radius 2 is 1.88 bits per heavy atom. The Balaban J connectivity index is 1.63. The number of anilines is 3. The van der Waals surface area contributed by atoms with E-state index in [0.717, 1.165) is 41.0 Å². The van der Waals surface area contributed by atoms with Crippen molar-refractivity contribution in [3.05, 3.63) is 66.4 Å².